The Labute approximate surface area is 189 Å². The molecular weight excluding hydrogens is 398 g/mol. The molecule has 164 valence electrons. The zero-order chi connectivity index (χ0) is 22.5. The van der Waals surface area contributed by atoms with Crippen LogP contribution in [0.5, 0.6) is 0 Å². The van der Waals surface area contributed by atoms with Crippen LogP contribution in [0.2, 0.25) is 0 Å². The maximum Gasteiger partial charge on any atom is 0.318 e. The number of aryl methyl sites for hydroxylation is 2. The molecule has 1 atom stereocenters. The molecule has 3 amide bonds. The molecule has 1 N–H and O–H groups in total. The SMILES string of the molecule is Cc1ccc(N2C[C@H](NC(=O)N(Cc3ccccc3)Cc3ccccc3)CC2=O)cc1C. The second kappa shape index (κ2) is 9.69. The van der Waals surface area contributed by atoms with Crippen molar-refractivity contribution in [2.24, 2.45) is 0 Å². The molecule has 0 bridgehead atoms. The number of anilines is 1. The zero-order valence-electron chi connectivity index (χ0n) is 18.6. The summed E-state index contributed by atoms with van der Waals surface area (Å²) in [5.41, 5.74) is 5.37. The van der Waals surface area contributed by atoms with E-state index in [2.05, 4.69) is 12.2 Å². The van der Waals surface area contributed by atoms with Crippen LogP contribution < -0.4 is 10.2 Å². The van der Waals surface area contributed by atoms with Gasteiger partial charge < -0.3 is 15.1 Å². The maximum atomic E-state index is 13.2. The van der Waals surface area contributed by atoms with Crippen molar-refractivity contribution in [3.63, 3.8) is 0 Å². The predicted molar refractivity (Wildman–Crippen MR) is 127 cm³/mol. The van der Waals surface area contributed by atoms with Gasteiger partial charge in [-0.15, -0.1) is 0 Å². The number of hydrogen-bond donors (Lipinski definition) is 1. The summed E-state index contributed by atoms with van der Waals surface area (Å²) in [4.78, 5) is 29.5. The quantitative estimate of drug-likeness (QED) is 0.613. The first kappa shape index (κ1) is 21.6. The first-order valence-electron chi connectivity index (χ1n) is 11.0. The number of urea groups is 1. The summed E-state index contributed by atoms with van der Waals surface area (Å²) in [6.07, 6.45) is 0.309. The largest absolute Gasteiger partial charge is 0.333 e. The number of benzene rings is 3. The topological polar surface area (TPSA) is 52.7 Å². The Kier molecular flexibility index (Phi) is 6.55. The normalized spacial score (nSPS) is 15.6. The molecule has 4 rings (SSSR count). The van der Waals surface area contributed by atoms with Gasteiger partial charge in [0.1, 0.15) is 0 Å². The van der Waals surface area contributed by atoms with Crippen LogP contribution in [-0.4, -0.2) is 29.4 Å². The number of rotatable bonds is 6. The van der Waals surface area contributed by atoms with Crippen LogP contribution in [0.4, 0.5) is 10.5 Å². The van der Waals surface area contributed by atoms with E-state index in [1.807, 2.05) is 85.8 Å². The van der Waals surface area contributed by atoms with E-state index in [4.69, 9.17) is 0 Å². The first-order valence-corrected chi connectivity index (χ1v) is 11.0. The van der Waals surface area contributed by atoms with Crippen molar-refractivity contribution in [2.75, 3.05) is 11.4 Å². The van der Waals surface area contributed by atoms with Gasteiger partial charge in [-0.2, -0.15) is 0 Å². The minimum Gasteiger partial charge on any atom is -0.333 e. The average molecular weight is 428 g/mol. The highest BCUT2D eigenvalue weighted by atomic mass is 16.2. The number of carbonyl (C=O) groups excluding carboxylic acids is 2. The molecule has 1 fully saturated rings. The minimum absolute atomic E-state index is 0.0382. The molecule has 1 aliphatic heterocycles. The molecule has 0 aromatic heterocycles. The highest BCUT2D eigenvalue weighted by Crippen LogP contribution is 2.24. The molecule has 0 aliphatic carbocycles. The Bertz CT molecular complexity index is 1040. The molecule has 3 aromatic carbocycles. The summed E-state index contributed by atoms with van der Waals surface area (Å²) in [6, 6.07) is 25.6. The van der Waals surface area contributed by atoms with Gasteiger partial charge in [-0.3, -0.25) is 4.79 Å². The number of nitrogens with one attached hydrogen (secondary N) is 1. The van der Waals surface area contributed by atoms with Crippen LogP contribution in [0, 0.1) is 13.8 Å². The van der Waals surface area contributed by atoms with Crippen molar-refractivity contribution >= 4 is 17.6 Å². The first-order chi connectivity index (χ1) is 15.5. The lowest BCUT2D eigenvalue weighted by molar-refractivity contribution is -0.117. The second-order valence-corrected chi connectivity index (χ2v) is 8.45. The second-order valence-electron chi connectivity index (χ2n) is 8.45. The molecule has 5 heteroatoms. The third kappa shape index (κ3) is 5.17. The minimum atomic E-state index is -0.217. The Morgan fingerprint density at radius 2 is 1.50 bits per heavy atom. The molecule has 1 saturated heterocycles. The molecule has 0 spiro atoms. The van der Waals surface area contributed by atoms with Crippen molar-refractivity contribution in [1.29, 1.82) is 0 Å². The Balaban J connectivity index is 1.46. The number of nitrogens with zero attached hydrogens (tertiary/aromatic N) is 2. The van der Waals surface area contributed by atoms with Gasteiger partial charge in [0.15, 0.2) is 0 Å². The lowest BCUT2D eigenvalue weighted by atomic mass is 10.1. The molecular formula is C27H29N3O2. The van der Waals surface area contributed by atoms with Crippen LogP contribution in [0.3, 0.4) is 0 Å². The van der Waals surface area contributed by atoms with Gasteiger partial charge in [-0.05, 0) is 48.2 Å². The molecule has 3 aromatic rings. The fourth-order valence-corrected chi connectivity index (χ4v) is 4.02. The van der Waals surface area contributed by atoms with E-state index in [9.17, 15) is 9.59 Å². The highest BCUT2D eigenvalue weighted by molar-refractivity contribution is 5.97. The van der Waals surface area contributed by atoms with Gasteiger partial charge in [0.25, 0.3) is 0 Å². The number of amides is 3. The molecule has 1 aliphatic rings. The van der Waals surface area contributed by atoms with Crippen molar-refractivity contribution in [3.05, 3.63) is 101 Å². The number of carbonyl (C=O) groups is 2. The monoisotopic (exact) mass is 427 g/mol. The fraction of sp³-hybridized carbons (Fsp3) is 0.259. The van der Waals surface area contributed by atoms with Gasteiger partial charge in [-0.1, -0.05) is 66.7 Å². The van der Waals surface area contributed by atoms with Crippen molar-refractivity contribution < 1.29 is 9.59 Å². The Hall–Kier alpha value is -3.60. The van der Waals surface area contributed by atoms with Crippen LogP contribution in [0.25, 0.3) is 0 Å². The third-order valence-electron chi connectivity index (χ3n) is 5.97. The van der Waals surface area contributed by atoms with E-state index in [-0.39, 0.29) is 18.0 Å². The lowest BCUT2D eigenvalue weighted by Gasteiger charge is -2.25. The van der Waals surface area contributed by atoms with Crippen molar-refractivity contribution in [1.82, 2.24) is 10.2 Å². The summed E-state index contributed by atoms with van der Waals surface area (Å²) >= 11 is 0. The lowest BCUT2D eigenvalue weighted by Crippen LogP contribution is -2.45. The van der Waals surface area contributed by atoms with Gasteiger partial charge in [0.05, 0.1) is 6.04 Å². The summed E-state index contributed by atoms with van der Waals surface area (Å²) in [5.74, 6) is 0.0382. The molecule has 1 heterocycles. The number of hydrogen-bond acceptors (Lipinski definition) is 2. The van der Waals surface area contributed by atoms with Gasteiger partial charge in [0, 0.05) is 31.7 Å². The molecule has 32 heavy (non-hydrogen) atoms. The molecule has 0 saturated carbocycles. The van der Waals surface area contributed by atoms with Crippen LogP contribution in [0.1, 0.15) is 28.7 Å². The Morgan fingerprint density at radius 3 is 2.06 bits per heavy atom. The third-order valence-corrected chi connectivity index (χ3v) is 5.97. The van der Waals surface area contributed by atoms with E-state index in [1.54, 1.807) is 9.80 Å². The highest BCUT2D eigenvalue weighted by Gasteiger charge is 2.32. The standard InChI is InChI=1S/C27H29N3O2/c1-20-13-14-25(15-21(20)2)30-19-24(16-26(30)31)28-27(32)29(17-22-9-5-3-6-10-22)18-23-11-7-4-8-12-23/h3-15,24H,16-19H2,1-2H3,(H,28,32)/t24-/m1/s1. The molecule has 0 unspecified atom stereocenters. The maximum absolute atomic E-state index is 13.2. The molecule has 5 nitrogen and oxygen atoms in total. The van der Waals surface area contributed by atoms with Crippen LogP contribution in [0.15, 0.2) is 78.9 Å². The summed E-state index contributed by atoms with van der Waals surface area (Å²) in [7, 11) is 0. The van der Waals surface area contributed by atoms with E-state index in [0.717, 1.165) is 22.4 Å². The van der Waals surface area contributed by atoms with Crippen LogP contribution >= 0.6 is 0 Å². The van der Waals surface area contributed by atoms with Crippen molar-refractivity contribution in [3.8, 4) is 0 Å². The van der Waals surface area contributed by atoms with Gasteiger partial charge in [0.2, 0.25) is 5.91 Å². The summed E-state index contributed by atoms with van der Waals surface area (Å²) in [6.45, 7) is 5.59. The van der Waals surface area contributed by atoms with E-state index >= 15 is 0 Å². The van der Waals surface area contributed by atoms with Crippen LogP contribution in [-0.2, 0) is 17.9 Å². The predicted octanol–water partition coefficient (Wildman–Crippen LogP) is 4.82. The zero-order valence-corrected chi connectivity index (χ0v) is 18.6. The van der Waals surface area contributed by atoms with E-state index < -0.39 is 0 Å². The Morgan fingerprint density at radius 1 is 0.906 bits per heavy atom. The van der Waals surface area contributed by atoms with E-state index in [0.29, 0.717) is 26.1 Å². The summed E-state index contributed by atoms with van der Waals surface area (Å²) < 4.78 is 0. The van der Waals surface area contributed by atoms with Crippen molar-refractivity contribution in [2.45, 2.75) is 39.4 Å². The fourth-order valence-electron chi connectivity index (χ4n) is 4.02. The van der Waals surface area contributed by atoms with Gasteiger partial charge >= 0.3 is 6.03 Å². The smallest absolute Gasteiger partial charge is 0.318 e. The molecule has 0 radical (unpaired) electrons. The average Bonchev–Trinajstić information content (AvgIpc) is 3.16. The summed E-state index contributed by atoms with van der Waals surface area (Å²) in [5, 5.41) is 3.10. The van der Waals surface area contributed by atoms with Gasteiger partial charge in [-0.25, -0.2) is 4.79 Å². The van der Waals surface area contributed by atoms with E-state index in [1.165, 1.54) is 5.56 Å².